The van der Waals surface area contributed by atoms with Crippen LogP contribution in [-0.2, 0) is 0 Å². The number of benzene rings is 1. The summed E-state index contributed by atoms with van der Waals surface area (Å²) >= 11 is 11.8. The Kier molecular flexibility index (Phi) is 3.71. The monoisotopic (exact) mass is 267 g/mol. The van der Waals surface area contributed by atoms with E-state index < -0.39 is 0 Å². The lowest BCUT2D eigenvalue weighted by Gasteiger charge is -2.08. The lowest BCUT2D eigenvalue weighted by molar-refractivity contribution is 1.30. The summed E-state index contributed by atoms with van der Waals surface area (Å²) in [5, 5.41) is 7.29. The lowest BCUT2D eigenvalue weighted by Crippen LogP contribution is -1.94. The molecule has 0 aliphatic carbocycles. The fourth-order valence-electron chi connectivity index (χ4n) is 1.39. The van der Waals surface area contributed by atoms with Gasteiger partial charge in [-0.1, -0.05) is 23.2 Å². The molecule has 0 unspecified atom stereocenters. The molecule has 0 saturated heterocycles. The van der Waals surface area contributed by atoms with Gasteiger partial charge in [-0.2, -0.15) is 0 Å². The number of pyridine rings is 1. The molecule has 0 aliphatic heterocycles. The number of nitrogens with one attached hydrogen (secondary N) is 2. The molecule has 0 spiro atoms. The van der Waals surface area contributed by atoms with E-state index in [9.17, 15) is 0 Å². The van der Waals surface area contributed by atoms with E-state index in [1.165, 1.54) is 0 Å². The fraction of sp³-hybridized carbons (Fsp3) is 0.0833. The lowest BCUT2D eigenvalue weighted by atomic mass is 10.3. The predicted octanol–water partition coefficient (Wildman–Crippen LogP) is 4.17. The average Bonchev–Trinajstić information content (AvgIpc) is 2.34. The van der Waals surface area contributed by atoms with Gasteiger partial charge >= 0.3 is 0 Å². The van der Waals surface area contributed by atoms with E-state index in [1.807, 2.05) is 19.2 Å². The topological polar surface area (TPSA) is 37.0 Å². The van der Waals surface area contributed by atoms with Gasteiger partial charge in [-0.3, -0.25) is 4.98 Å². The van der Waals surface area contributed by atoms with Crippen molar-refractivity contribution in [1.29, 1.82) is 0 Å². The number of anilines is 3. The molecule has 17 heavy (non-hydrogen) atoms. The van der Waals surface area contributed by atoms with Gasteiger partial charge in [-0.25, -0.2) is 0 Å². The van der Waals surface area contributed by atoms with E-state index in [-0.39, 0.29) is 0 Å². The van der Waals surface area contributed by atoms with Gasteiger partial charge in [0.25, 0.3) is 0 Å². The highest BCUT2D eigenvalue weighted by Crippen LogP contribution is 2.27. The highest BCUT2D eigenvalue weighted by molar-refractivity contribution is 6.42. The summed E-state index contributed by atoms with van der Waals surface area (Å²) < 4.78 is 0. The van der Waals surface area contributed by atoms with Gasteiger partial charge in [0.15, 0.2) is 0 Å². The van der Waals surface area contributed by atoms with Crippen LogP contribution >= 0.6 is 23.2 Å². The molecule has 1 aromatic heterocycles. The molecule has 0 bridgehead atoms. The first-order valence-corrected chi connectivity index (χ1v) is 5.79. The van der Waals surface area contributed by atoms with Gasteiger partial charge in [-0.15, -0.1) is 0 Å². The Morgan fingerprint density at radius 1 is 0.941 bits per heavy atom. The Balaban J connectivity index is 2.22. The second kappa shape index (κ2) is 5.25. The Morgan fingerprint density at radius 3 is 2.41 bits per heavy atom. The molecule has 5 heteroatoms. The molecule has 0 saturated carbocycles. The highest BCUT2D eigenvalue weighted by Gasteiger charge is 2.00. The second-order valence-electron chi connectivity index (χ2n) is 3.47. The van der Waals surface area contributed by atoms with Crippen molar-refractivity contribution < 1.29 is 0 Å². The van der Waals surface area contributed by atoms with Crippen LogP contribution in [0.5, 0.6) is 0 Å². The number of nitrogens with zero attached hydrogens (tertiary/aromatic N) is 1. The van der Waals surface area contributed by atoms with Gasteiger partial charge in [0.2, 0.25) is 0 Å². The molecule has 3 nitrogen and oxygen atoms in total. The SMILES string of the molecule is CNc1cncc(Nc2ccc(Cl)c(Cl)c2)c1. The van der Waals surface area contributed by atoms with Crippen LogP contribution in [0.15, 0.2) is 36.7 Å². The number of halogens is 2. The molecule has 1 aromatic carbocycles. The van der Waals surface area contributed by atoms with Crippen LogP contribution in [0.1, 0.15) is 0 Å². The third-order valence-electron chi connectivity index (χ3n) is 2.24. The summed E-state index contributed by atoms with van der Waals surface area (Å²) in [7, 11) is 1.85. The first-order valence-electron chi connectivity index (χ1n) is 5.04. The summed E-state index contributed by atoms with van der Waals surface area (Å²) in [6, 6.07) is 7.34. The molecule has 0 fully saturated rings. The third kappa shape index (κ3) is 3.02. The van der Waals surface area contributed by atoms with Crippen molar-refractivity contribution in [3.05, 3.63) is 46.7 Å². The molecule has 0 aliphatic rings. The molecule has 1 heterocycles. The standard InChI is InChI=1S/C12H11Cl2N3/c1-15-9-4-10(7-16-6-9)17-8-2-3-11(13)12(14)5-8/h2-7,15,17H,1H3. The van der Waals surface area contributed by atoms with Gasteiger partial charge < -0.3 is 10.6 Å². The number of aromatic nitrogens is 1. The van der Waals surface area contributed by atoms with E-state index in [2.05, 4.69) is 15.6 Å². The summed E-state index contributed by atoms with van der Waals surface area (Å²) in [4.78, 5) is 4.11. The van der Waals surface area contributed by atoms with Crippen LogP contribution in [-0.4, -0.2) is 12.0 Å². The van der Waals surface area contributed by atoms with E-state index >= 15 is 0 Å². The maximum atomic E-state index is 5.94. The van der Waals surface area contributed by atoms with Crippen LogP contribution in [0.2, 0.25) is 10.0 Å². The first-order chi connectivity index (χ1) is 8.19. The van der Waals surface area contributed by atoms with Gasteiger partial charge in [0, 0.05) is 12.7 Å². The van der Waals surface area contributed by atoms with Crippen LogP contribution in [0.3, 0.4) is 0 Å². The van der Waals surface area contributed by atoms with E-state index in [0.29, 0.717) is 10.0 Å². The third-order valence-corrected chi connectivity index (χ3v) is 2.97. The first kappa shape index (κ1) is 12.0. The minimum atomic E-state index is 0.523. The zero-order valence-corrected chi connectivity index (χ0v) is 10.7. The summed E-state index contributed by atoms with van der Waals surface area (Å²) in [6.07, 6.45) is 3.49. The normalized spacial score (nSPS) is 10.1. The number of rotatable bonds is 3. The van der Waals surface area contributed by atoms with Crippen molar-refractivity contribution in [2.45, 2.75) is 0 Å². The number of hydrogen-bond acceptors (Lipinski definition) is 3. The van der Waals surface area contributed by atoms with Crippen molar-refractivity contribution >= 4 is 40.3 Å². The maximum absolute atomic E-state index is 5.94. The predicted molar refractivity (Wildman–Crippen MR) is 73.5 cm³/mol. The van der Waals surface area contributed by atoms with Crippen molar-refractivity contribution in [1.82, 2.24) is 4.98 Å². The molecule has 0 amide bonds. The molecule has 2 aromatic rings. The molecule has 88 valence electrons. The van der Waals surface area contributed by atoms with Crippen molar-refractivity contribution in [3.63, 3.8) is 0 Å². The maximum Gasteiger partial charge on any atom is 0.0612 e. The van der Waals surface area contributed by atoms with Crippen molar-refractivity contribution in [2.75, 3.05) is 17.7 Å². The molecule has 2 rings (SSSR count). The van der Waals surface area contributed by atoms with Gasteiger partial charge in [-0.05, 0) is 24.3 Å². The van der Waals surface area contributed by atoms with E-state index in [0.717, 1.165) is 17.1 Å². The molecule has 2 N–H and O–H groups in total. The Hall–Kier alpha value is -1.45. The minimum absolute atomic E-state index is 0.523. The minimum Gasteiger partial charge on any atom is -0.387 e. The zero-order chi connectivity index (χ0) is 12.3. The molecular formula is C12H11Cl2N3. The molecular weight excluding hydrogens is 257 g/mol. The Labute approximate surface area is 110 Å². The summed E-state index contributed by atoms with van der Waals surface area (Å²) in [5.74, 6) is 0. The van der Waals surface area contributed by atoms with E-state index in [4.69, 9.17) is 23.2 Å². The van der Waals surface area contributed by atoms with E-state index in [1.54, 1.807) is 24.5 Å². The second-order valence-corrected chi connectivity index (χ2v) is 4.28. The van der Waals surface area contributed by atoms with Crippen LogP contribution in [0.4, 0.5) is 17.1 Å². The largest absolute Gasteiger partial charge is 0.387 e. The Morgan fingerprint density at radius 2 is 1.71 bits per heavy atom. The zero-order valence-electron chi connectivity index (χ0n) is 9.17. The number of hydrogen-bond donors (Lipinski definition) is 2. The molecule has 0 radical (unpaired) electrons. The van der Waals surface area contributed by atoms with Crippen LogP contribution in [0.25, 0.3) is 0 Å². The highest BCUT2D eigenvalue weighted by atomic mass is 35.5. The van der Waals surface area contributed by atoms with Gasteiger partial charge in [0.05, 0.1) is 33.8 Å². The summed E-state index contributed by atoms with van der Waals surface area (Å²) in [5.41, 5.74) is 2.69. The van der Waals surface area contributed by atoms with Crippen molar-refractivity contribution in [3.8, 4) is 0 Å². The molecule has 0 atom stereocenters. The smallest absolute Gasteiger partial charge is 0.0612 e. The fourth-order valence-corrected chi connectivity index (χ4v) is 1.68. The van der Waals surface area contributed by atoms with Gasteiger partial charge in [0.1, 0.15) is 0 Å². The van der Waals surface area contributed by atoms with Crippen molar-refractivity contribution in [2.24, 2.45) is 0 Å². The summed E-state index contributed by atoms with van der Waals surface area (Å²) in [6.45, 7) is 0. The quantitative estimate of drug-likeness (QED) is 0.877. The Bertz CT molecular complexity index is 529. The average molecular weight is 268 g/mol. The van der Waals surface area contributed by atoms with Crippen LogP contribution < -0.4 is 10.6 Å². The van der Waals surface area contributed by atoms with Crippen LogP contribution in [0, 0.1) is 0 Å².